The normalized spacial score (nSPS) is 12.0. The van der Waals surface area contributed by atoms with Gasteiger partial charge in [0.25, 0.3) is 0 Å². The lowest BCUT2D eigenvalue weighted by Crippen LogP contribution is -2.20. The Bertz CT molecular complexity index is 394. The van der Waals surface area contributed by atoms with Gasteiger partial charge in [-0.1, -0.05) is 22.0 Å². The van der Waals surface area contributed by atoms with Crippen LogP contribution in [0, 0.1) is 0 Å². The lowest BCUT2D eigenvalue weighted by Gasteiger charge is -2.14. The molecule has 1 rings (SSSR count). The highest BCUT2D eigenvalue weighted by Crippen LogP contribution is 2.27. The van der Waals surface area contributed by atoms with E-state index in [1.165, 1.54) is 0 Å². The van der Waals surface area contributed by atoms with Crippen molar-refractivity contribution in [2.75, 3.05) is 13.7 Å². The predicted octanol–water partition coefficient (Wildman–Crippen LogP) is 1.98. The molecule has 1 aromatic carbocycles. The Morgan fingerprint density at radius 2 is 2.29 bits per heavy atom. The second kappa shape index (κ2) is 6.61. The smallest absolute Gasteiger partial charge is 0.223 e. The van der Waals surface area contributed by atoms with Crippen LogP contribution >= 0.6 is 15.9 Å². The standard InChI is InChI=1S/C12H17BrN2O2/c1-8(14)10-4-3-9(13)7-11(10)17-6-5-12(16)15-2/h3-4,7-8H,5-6,14H2,1-2H3,(H,15,16). The minimum absolute atomic E-state index is 0.0395. The van der Waals surface area contributed by atoms with Crippen LogP contribution in [0.4, 0.5) is 0 Å². The number of amides is 1. The quantitative estimate of drug-likeness (QED) is 0.874. The molecular formula is C12H17BrN2O2. The van der Waals surface area contributed by atoms with Crippen molar-refractivity contribution < 1.29 is 9.53 Å². The Hall–Kier alpha value is -1.07. The van der Waals surface area contributed by atoms with Crippen molar-refractivity contribution in [1.82, 2.24) is 5.32 Å². The van der Waals surface area contributed by atoms with Gasteiger partial charge in [-0.2, -0.15) is 0 Å². The summed E-state index contributed by atoms with van der Waals surface area (Å²) in [6, 6.07) is 5.61. The number of nitrogens with one attached hydrogen (secondary N) is 1. The first-order valence-electron chi connectivity index (χ1n) is 5.43. The van der Waals surface area contributed by atoms with E-state index >= 15 is 0 Å². The van der Waals surface area contributed by atoms with Gasteiger partial charge in [0.15, 0.2) is 0 Å². The Balaban J connectivity index is 2.68. The van der Waals surface area contributed by atoms with Crippen LogP contribution in [-0.2, 0) is 4.79 Å². The fourth-order valence-corrected chi connectivity index (χ4v) is 1.73. The maximum Gasteiger partial charge on any atom is 0.223 e. The van der Waals surface area contributed by atoms with E-state index < -0.39 is 0 Å². The summed E-state index contributed by atoms with van der Waals surface area (Å²) in [6.45, 7) is 2.24. The molecule has 4 nitrogen and oxygen atoms in total. The lowest BCUT2D eigenvalue weighted by molar-refractivity contribution is -0.121. The second-order valence-electron chi connectivity index (χ2n) is 3.74. The molecule has 5 heteroatoms. The third-order valence-corrected chi connectivity index (χ3v) is 2.82. The third-order valence-electron chi connectivity index (χ3n) is 2.33. The van der Waals surface area contributed by atoms with Gasteiger partial charge < -0.3 is 15.8 Å². The van der Waals surface area contributed by atoms with Crippen LogP contribution in [0.2, 0.25) is 0 Å². The van der Waals surface area contributed by atoms with Crippen LogP contribution in [0.3, 0.4) is 0 Å². The molecule has 0 aromatic heterocycles. The van der Waals surface area contributed by atoms with Gasteiger partial charge in [0.1, 0.15) is 5.75 Å². The van der Waals surface area contributed by atoms with Crippen LogP contribution in [0.25, 0.3) is 0 Å². The predicted molar refractivity (Wildman–Crippen MR) is 70.9 cm³/mol. The number of carbonyl (C=O) groups excluding carboxylic acids is 1. The van der Waals surface area contributed by atoms with Crippen LogP contribution < -0.4 is 15.8 Å². The van der Waals surface area contributed by atoms with E-state index in [1.807, 2.05) is 25.1 Å². The summed E-state index contributed by atoms with van der Waals surface area (Å²) in [7, 11) is 1.61. The summed E-state index contributed by atoms with van der Waals surface area (Å²) in [5.41, 5.74) is 6.78. The summed E-state index contributed by atoms with van der Waals surface area (Å²) < 4.78 is 6.51. The Morgan fingerprint density at radius 3 is 2.88 bits per heavy atom. The third kappa shape index (κ3) is 4.36. The van der Waals surface area contributed by atoms with E-state index in [-0.39, 0.29) is 11.9 Å². The van der Waals surface area contributed by atoms with E-state index in [0.29, 0.717) is 13.0 Å². The summed E-state index contributed by atoms with van der Waals surface area (Å²) in [5, 5.41) is 2.55. The van der Waals surface area contributed by atoms with E-state index in [0.717, 1.165) is 15.8 Å². The fraction of sp³-hybridized carbons (Fsp3) is 0.417. The van der Waals surface area contributed by atoms with Crippen LogP contribution in [0.1, 0.15) is 24.9 Å². The average molecular weight is 301 g/mol. The maximum atomic E-state index is 11.1. The van der Waals surface area contributed by atoms with E-state index in [2.05, 4.69) is 21.2 Å². The highest BCUT2D eigenvalue weighted by Gasteiger charge is 2.09. The minimum atomic E-state index is -0.0990. The molecule has 0 fully saturated rings. The highest BCUT2D eigenvalue weighted by molar-refractivity contribution is 9.10. The van der Waals surface area contributed by atoms with Crippen LogP contribution in [-0.4, -0.2) is 19.6 Å². The van der Waals surface area contributed by atoms with E-state index in [9.17, 15) is 4.79 Å². The molecule has 0 saturated carbocycles. The van der Waals surface area contributed by atoms with E-state index in [4.69, 9.17) is 10.5 Å². The first kappa shape index (κ1) is 14.0. The molecule has 1 atom stereocenters. The van der Waals surface area contributed by atoms with Crippen molar-refractivity contribution in [3.63, 3.8) is 0 Å². The molecule has 0 bridgehead atoms. The zero-order valence-corrected chi connectivity index (χ0v) is 11.6. The van der Waals surface area contributed by atoms with Gasteiger partial charge in [-0.15, -0.1) is 0 Å². The van der Waals surface area contributed by atoms with Crippen LogP contribution in [0.5, 0.6) is 5.75 Å². The van der Waals surface area contributed by atoms with Gasteiger partial charge in [0, 0.05) is 23.1 Å². The van der Waals surface area contributed by atoms with Gasteiger partial charge in [0.05, 0.1) is 13.0 Å². The molecule has 0 heterocycles. The molecule has 3 N–H and O–H groups in total. The number of benzene rings is 1. The summed E-state index contributed by atoms with van der Waals surface area (Å²) in [6.07, 6.45) is 0.335. The summed E-state index contributed by atoms with van der Waals surface area (Å²) in [5.74, 6) is 0.681. The monoisotopic (exact) mass is 300 g/mol. The number of nitrogens with two attached hydrogens (primary N) is 1. The first-order valence-corrected chi connectivity index (χ1v) is 6.22. The average Bonchev–Trinajstić information content (AvgIpc) is 2.28. The van der Waals surface area contributed by atoms with Crippen molar-refractivity contribution in [2.24, 2.45) is 5.73 Å². The SMILES string of the molecule is CNC(=O)CCOc1cc(Br)ccc1C(C)N. The van der Waals surface area contributed by atoms with Crippen molar-refractivity contribution in [1.29, 1.82) is 0 Å². The van der Waals surface area contributed by atoms with Gasteiger partial charge in [-0.3, -0.25) is 4.79 Å². The van der Waals surface area contributed by atoms with Gasteiger partial charge in [0.2, 0.25) is 5.91 Å². The zero-order chi connectivity index (χ0) is 12.8. The summed E-state index contributed by atoms with van der Waals surface area (Å²) >= 11 is 3.38. The van der Waals surface area contributed by atoms with Gasteiger partial charge >= 0.3 is 0 Å². The molecular weight excluding hydrogens is 284 g/mol. The Kier molecular flexibility index (Phi) is 5.44. The maximum absolute atomic E-state index is 11.1. The molecule has 94 valence electrons. The molecule has 0 aliphatic carbocycles. The van der Waals surface area contributed by atoms with Crippen molar-refractivity contribution in [3.8, 4) is 5.75 Å². The number of ether oxygens (including phenoxy) is 1. The lowest BCUT2D eigenvalue weighted by atomic mass is 10.1. The van der Waals surface area contributed by atoms with Crippen molar-refractivity contribution >= 4 is 21.8 Å². The Labute approximate surface area is 110 Å². The molecule has 1 amide bonds. The first-order chi connectivity index (χ1) is 8.04. The number of rotatable bonds is 5. The largest absolute Gasteiger partial charge is 0.493 e. The number of carbonyl (C=O) groups is 1. The molecule has 0 spiro atoms. The highest BCUT2D eigenvalue weighted by atomic mass is 79.9. The van der Waals surface area contributed by atoms with Crippen molar-refractivity contribution in [2.45, 2.75) is 19.4 Å². The number of hydrogen-bond donors (Lipinski definition) is 2. The van der Waals surface area contributed by atoms with Gasteiger partial charge in [-0.25, -0.2) is 0 Å². The number of halogens is 1. The molecule has 0 aliphatic heterocycles. The topological polar surface area (TPSA) is 64.3 Å². The van der Waals surface area contributed by atoms with Gasteiger partial charge in [-0.05, 0) is 19.1 Å². The Morgan fingerprint density at radius 1 is 1.59 bits per heavy atom. The summed E-state index contributed by atoms with van der Waals surface area (Å²) in [4.78, 5) is 11.1. The minimum Gasteiger partial charge on any atom is -0.493 e. The van der Waals surface area contributed by atoms with E-state index in [1.54, 1.807) is 7.05 Å². The second-order valence-corrected chi connectivity index (χ2v) is 4.66. The van der Waals surface area contributed by atoms with Crippen molar-refractivity contribution in [3.05, 3.63) is 28.2 Å². The van der Waals surface area contributed by atoms with Crippen LogP contribution in [0.15, 0.2) is 22.7 Å². The fourth-order valence-electron chi connectivity index (χ4n) is 1.39. The molecule has 1 unspecified atom stereocenters. The molecule has 0 saturated heterocycles. The molecule has 17 heavy (non-hydrogen) atoms. The molecule has 0 aliphatic rings. The molecule has 0 radical (unpaired) electrons. The number of hydrogen-bond acceptors (Lipinski definition) is 3. The molecule has 1 aromatic rings. The zero-order valence-electron chi connectivity index (χ0n) is 10.00.